The third-order valence-electron chi connectivity index (χ3n) is 10.1. The van der Waals surface area contributed by atoms with Crippen LogP contribution in [0.25, 0.3) is 10.9 Å². The van der Waals surface area contributed by atoms with Crippen molar-refractivity contribution in [2.45, 2.75) is 90.6 Å². The Kier molecular flexibility index (Phi) is 14.2. The Balaban J connectivity index is 1.08. The van der Waals surface area contributed by atoms with E-state index in [0.717, 1.165) is 53.3 Å². The fraction of sp³-hybridized carbons (Fsp3) is 0.439. The summed E-state index contributed by atoms with van der Waals surface area (Å²) in [7, 11) is 1.58. The first-order chi connectivity index (χ1) is 25.1. The summed E-state index contributed by atoms with van der Waals surface area (Å²) >= 11 is 9.61. The Morgan fingerprint density at radius 1 is 0.981 bits per heavy atom. The molecule has 11 heteroatoms. The molecule has 0 unspecified atom stereocenters. The van der Waals surface area contributed by atoms with Crippen LogP contribution in [0.2, 0.25) is 5.02 Å². The number of nitrogens with one attached hydrogen (secondary N) is 1. The minimum atomic E-state index is -0.356. The molecule has 1 saturated carbocycles. The van der Waals surface area contributed by atoms with Crippen LogP contribution in [0, 0.1) is 6.92 Å². The maximum atomic E-state index is 13.6. The van der Waals surface area contributed by atoms with Crippen molar-refractivity contribution in [3.63, 3.8) is 0 Å². The second-order valence-corrected chi connectivity index (χ2v) is 14.8. The van der Waals surface area contributed by atoms with E-state index in [0.29, 0.717) is 64.4 Å². The van der Waals surface area contributed by atoms with Gasteiger partial charge in [-0.25, -0.2) is 0 Å². The smallest absolute Gasteiger partial charge is 0.310 e. The van der Waals surface area contributed by atoms with Gasteiger partial charge in [0.15, 0.2) is 0 Å². The third-order valence-corrected chi connectivity index (χ3v) is 11.0. The number of anilines is 1. The van der Waals surface area contributed by atoms with Crippen molar-refractivity contribution in [1.82, 2.24) is 14.8 Å². The number of aromatic nitrogens is 1. The molecule has 1 aliphatic rings. The van der Waals surface area contributed by atoms with E-state index in [1.54, 1.807) is 48.1 Å². The number of ether oxygens (including phenoxy) is 2. The van der Waals surface area contributed by atoms with Crippen LogP contribution in [0.5, 0.6) is 5.75 Å². The number of unbranched alkanes of at least 4 members (excludes halogenated alkanes) is 3. The first-order valence-corrected chi connectivity index (χ1v) is 19.5. The van der Waals surface area contributed by atoms with E-state index < -0.39 is 0 Å². The highest BCUT2D eigenvalue weighted by atomic mass is 79.9. The number of hydrogen-bond acceptors (Lipinski definition) is 7. The predicted molar refractivity (Wildman–Crippen MR) is 211 cm³/mol. The van der Waals surface area contributed by atoms with Crippen LogP contribution in [0.15, 0.2) is 59.1 Å². The van der Waals surface area contributed by atoms with Gasteiger partial charge in [0, 0.05) is 50.8 Å². The molecule has 0 aliphatic heterocycles. The molecule has 5 rings (SSSR count). The van der Waals surface area contributed by atoms with Crippen molar-refractivity contribution in [2.75, 3.05) is 32.5 Å². The molecular formula is C41H50BrClN4O5. The summed E-state index contributed by atoms with van der Waals surface area (Å²) in [5.74, 6) is -0.0419. The van der Waals surface area contributed by atoms with Gasteiger partial charge in [-0.05, 0) is 127 Å². The van der Waals surface area contributed by atoms with E-state index in [4.69, 9.17) is 26.8 Å². The molecule has 0 atom stereocenters. The molecule has 3 N–H and O–H groups in total. The molecule has 1 aromatic heterocycles. The van der Waals surface area contributed by atoms with Gasteiger partial charge >= 0.3 is 5.97 Å². The van der Waals surface area contributed by atoms with Crippen LogP contribution < -0.4 is 15.8 Å². The molecule has 4 aromatic rings. The Morgan fingerprint density at radius 2 is 1.71 bits per heavy atom. The molecule has 278 valence electrons. The first kappa shape index (κ1) is 39.3. The Morgan fingerprint density at radius 3 is 2.42 bits per heavy atom. The molecule has 0 spiro atoms. The Hall–Kier alpha value is -3.86. The van der Waals surface area contributed by atoms with Crippen LogP contribution in [-0.2, 0) is 22.5 Å². The zero-order valence-electron chi connectivity index (χ0n) is 30.4. The maximum absolute atomic E-state index is 13.6. The number of methoxy groups -OCH3 is 1. The molecule has 1 heterocycles. The van der Waals surface area contributed by atoms with Crippen LogP contribution >= 0.6 is 27.5 Å². The molecular weight excluding hydrogens is 744 g/mol. The number of carbonyl (C=O) groups excluding carboxylic acids is 3. The molecule has 1 fully saturated rings. The fourth-order valence-corrected chi connectivity index (χ4v) is 7.79. The lowest BCUT2D eigenvalue weighted by molar-refractivity contribution is -0.142. The summed E-state index contributed by atoms with van der Waals surface area (Å²) in [4.78, 5) is 42.1. The van der Waals surface area contributed by atoms with Crippen molar-refractivity contribution in [2.24, 2.45) is 0 Å². The number of hydrogen-bond donors (Lipinski definition) is 2. The van der Waals surface area contributed by atoms with Crippen LogP contribution in [0.1, 0.15) is 102 Å². The van der Waals surface area contributed by atoms with Crippen molar-refractivity contribution in [3.05, 3.63) is 92.0 Å². The normalized spacial score (nSPS) is 13.4. The van der Waals surface area contributed by atoms with Gasteiger partial charge in [-0.1, -0.05) is 44.2 Å². The summed E-state index contributed by atoms with van der Waals surface area (Å²) in [6, 6.07) is 16.5. The number of esters is 1. The van der Waals surface area contributed by atoms with E-state index in [1.807, 2.05) is 25.1 Å². The quantitative estimate of drug-likeness (QED) is 0.0662. The number of amides is 1. The Bertz CT molecular complexity index is 1870. The predicted octanol–water partition coefficient (Wildman–Crippen LogP) is 8.88. The highest BCUT2D eigenvalue weighted by Gasteiger charge is 2.24. The van der Waals surface area contributed by atoms with Crippen LogP contribution in [0.3, 0.4) is 0 Å². The maximum Gasteiger partial charge on any atom is 0.310 e. The molecule has 0 saturated heterocycles. The highest BCUT2D eigenvalue weighted by Crippen LogP contribution is 2.32. The zero-order valence-corrected chi connectivity index (χ0v) is 32.8. The number of fused-ring (bicyclic) bond motifs is 1. The lowest BCUT2D eigenvalue weighted by Crippen LogP contribution is -2.36. The summed E-state index contributed by atoms with van der Waals surface area (Å²) in [6.45, 7) is 6.57. The number of carbonyl (C=O) groups is 3. The van der Waals surface area contributed by atoms with E-state index in [9.17, 15) is 14.4 Å². The monoisotopic (exact) mass is 792 g/mol. The van der Waals surface area contributed by atoms with Gasteiger partial charge in [0.05, 0.1) is 31.3 Å². The topological polar surface area (TPSA) is 116 Å². The molecule has 0 bridgehead atoms. The minimum absolute atomic E-state index is 0.0302. The molecule has 3 aromatic carbocycles. The molecule has 9 nitrogen and oxygen atoms in total. The van der Waals surface area contributed by atoms with Gasteiger partial charge in [0.1, 0.15) is 5.75 Å². The summed E-state index contributed by atoms with van der Waals surface area (Å²) < 4.78 is 13.4. The number of nitrogens with two attached hydrogens (primary N) is 1. The lowest BCUT2D eigenvalue weighted by Gasteiger charge is -2.34. The van der Waals surface area contributed by atoms with Gasteiger partial charge < -0.3 is 20.5 Å². The highest BCUT2D eigenvalue weighted by molar-refractivity contribution is 9.10. The van der Waals surface area contributed by atoms with E-state index >= 15 is 0 Å². The second kappa shape index (κ2) is 18.8. The van der Waals surface area contributed by atoms with Gasteiger partial charge in [0.25, 0.3) is 11.8 Å². The largest absolute Gasteiger partial charge is 0.497 e. The summed E-state index contributed by atoms with van der Waals surface area (Å²) in [5.41, 5.74) is 11.3. The number of benzene rings is 3. The lowest BCUT2D eigenvalue weighted by atomic mass is 9.93. The SMILES string of the molecule is CCN(Cc1cc(C(=O)NCCCCCCOC(=O)Cc2c(C)n(C(=O)c3ccc(Cl)cc3)c3ccc(OC)cc23)cc(Br)c1N)C1CCCCC1. The summed E-state index contributed by atoms with van der Waals surface area (Å²) in [5, 5.41) is 4.36. The molecule has 1 amide bonds. The van der Waals surface area contributed by atoms with Gasteiger partial charge in [-0.3, -0.25) is 23.9 Å². The summed E-state index contributed by atoms with van der Waals surface area (Å²) in [6.07, 6.45) is 9.60. The minimum Gasteiger partial charge on any atom is -0.497 e. The number of halogens is 2. The van der Waals surface area contributed by atoms with Gasteiger partial charge in [-0.15, -0.1) is 0 Å². The standard InChI is InChI=1S/C41H50BrClN4O5/c1-4-46(32-12-8-7-9-13-32)26-30-22-29(23-36(42)39(30)44)40(49)45-20-10-5-6-11-21-52-38(48)25-34-27(2)47(37-19-18-33(51-3)24-35(34)37)41(50)28-14-16-31(43)17-15-28/h14-19,22-24,32H,4-13,20-21,25-26,44H2,1-3H3,(H,45,49). The van der Waals surface area contributed by atoms with Gasteiger partial charge in [-0.2, -0.15) is 0 Å². The van der Waals surface area contributed by atoms with E-state index in [2.05, 4.69) is 33.1 Å². The average Bonchev–Trinajstić information content (AvgIpc) is 3.42. The number of nitrogen functional groups attached to an aromatic ring is 1. The van der Waals surface area contributed by atoms with Crippen molar-refractivity contribution >= 4 is 61.9 Å². The van der Waals surface area contributed by atoms with E-state index in [1.165, 1.54) is 32.1 Å². The number of nitrogens with zero attached hydrogens (tertiary/aromatic N) is 2. The molecule has 0 radical (unpaired) electrons. The zero-order chi connectivity index (χ0) is 37.2. The van der Waals surface area contributed by atoms with Crippen LogP contribution in [-0.4, -0.2) is 60.1 Å². The molecule has 1 aliphatic carbocycles. The van der Waals surface area contributed by atoms with Gasteiger partial charge in [0.2, 0.25) is 0 Å². The average molecular weight is 794 g/mol. The third kappa shape index (κ3) is 9.76. The fourth-order valence-electron chi connectivity index (χ4n) is 7.16. The Labute approximate surface area is 320 Å². The molecule has 52 heavy (non-hydrogen) atoms. The van der Waals surface area contributed by atoms with Crippen molar-refractivity contribution in [1.29, 1.82) is 0 Å². The second-order valence-electron chi connectivity index (χ2n) is 13.5. The van der Waals surface area contributed by atoms with Crippen molar-refractivity contribution < 1.29 is 23.9 Å². The van der Waals surface area contributed by atoms with E-state index in [-0.39, 0.29) is 24.2 Å². The van der Waals surface area contributed by atoms with Crippen LogP contribution in [0.4, 0.5) is 5.69 Å². The first-order valence-electron chi connectivity index (χ1n) is 18.3. The number of rotatable bonds is 16. The van der Waals surface area contributed by atoms with Crippen molar-refractivity contribution in [3.8, 4) is 5.75 Å².